The van der Waals surface area contributed by atoms with Gasteiger partial charge in [-0.1, -0.05) is 0 Å². The Kier molecular flexibility index (Phi) is 3.28. The van der Waals surface area contributed by atoms with Crippen LogP contribution in [0, 0.1) is 0 Å². The number of ether oxygens (including phenoxy) is 1. The predicted octanol–water partition coefficient (Wildman–Crippen LogP) is 0.193. The normalized spacial score (nSPS) is 22.9. The molecule has 19 heavy (non-hydrogen) atoms. The third-order valence-corrected chi connectivity index (χ3v) is 4.28. The summed E-state index contributed by atoms with van der Waals surface area (Å²) in [5, 5.41) is 0. The highest BCUT2D eigenvalue weighted by molar-refractivity contribution is 5.89. The molecule has 1 saturated carbocycles. The summed E-state index contributed by atoms with van der Waals surface area (Å²) in [7, 11) is 0. The van der Waals surface area contributed by atoms with Gasteiger partial charge in [0.25, 0.3) is 5.91 Å². The van der Waals surface area contributed by atoms with Gasteiger partial charge in [0.1, 0.15) is 0 Å². The molecule has 3 rings (SSSR count). The maximum absolute atomic E-state index is 11.5. The molecule has 1 amide bonds. The number of aromatic nitrogens is 2. The lowest BCUT2D eigenvalue weighted by molar-refractivity contribution is -0.00123. The summed E-state index contributed by atoms with van der Waals surface area (Å²) in [6, 6.07) is 0. The number of morpholine rings is 1. The van der Waals surface area contributed by atoms with Gasteiger partial charge in [-0.3, -0.25) is 9.69 Å². The van der Waals surface area contributed by atoms with Crippen LogP contribution >= 0.6 is 0 Å². The summed E-state index contributed by atoms with van der Waals surface area (Å²) in [6.07, 6.45) is 6.92. The molecule has 0 unspecified atom stereocenters. The molecule has 2 heterocycles. The Morgan fingerprint density at radius 2 is 2.16 bits per heavy atom. The van der Waals surface area contributed by atoms with Crippen LogP contribution in [-0.4, -0.2) is 53.2 Å². The van der Waals surface area contributed by atoms with E-state index in [2.05, 4.69) is 9.88 Å². The predicted molar refractivity (Wildman–Crippen MR) is 69.8 cm³/mol. The zero-order valence-electron chi connectivity index (χ0n) is 11.0. The summed E-state index contributed by atoms with van der Waals surface area (Å²) >= 11 is 0. The second kappa shape index (κ2) is 4.94. The highest BCUT2D eigenvalue weighted by Gasteiger charge is 2.42. The molecular formula is C13H20N4O2. The second-order valence-electron chi connectivity index (χ2n) is 5.45. The number of hydrogen-bond acceptors (Lipinski definition) is 4. The first-order valence-electron chi connectivity index (χ1n) is 6.85. The maximum Gasteiger partial charge on any atom is 0.284 e. The van der Waals surface area contributed by atoms with Crippen molar-refractivity contribution >= 4 is 5.91 Å². The van der Waals surface area contributed by atoms with Crippen LogP contribution < -0.4 is 5.73 Å². The summed E-state index contributed by atoms with van der Waals surface area (Å²) in [5.41, 5.74) is 5.41. The van der Waals surface area contributed by atoms with E-state index in [4.69, 9.17) is 10.5 Å². The fraction of sp³-hybridized carbons (Fsp3) is 0.692. The number of carbonyl (C=O) groups excluding carboxylic acids is 1. The monoisotopic (exact) mass is 264 g/mol. The number of nitrogens with zero attached hydrogens (tertiary/aromatic N) is 3. The minimum Gasteiger partial charge on any atom is -0.379 e. The van der Waals surface area contributed by atoms with E-state index in [-0.39, 0.29) is 5.54 Å². The first-order chi connectivity index (χ1) is 9.21. The van der Waals surface area contributed by atoms with Crippen molar-refractivity contribution in [2.45, 2.75) is 24.8 Å². The van der Waals surface area contributed by atoms with Crippen LogP contribution in [0.4, 0.5) is 0 Å². The standard InChI is InChI=1S/C13H20N4O2/c14-11(18)12-15-4-5-17(12)13(2-1-3-13)10-16-6-8-19-9-7-16/h4-5H,1-3,6-10H2,(H2,14,18). The van der Waals surface area contributed by atoms with Gasteiger partial charge < -0.3 is 15.0 Å². The van der Waals surface area contributed by atoms with Gasteiger partial charge in [-0.2, -0.15) is 0 Å². The van der Waals surface area contributed by atoms with Gasteiger partial charge in [-0.15, -0.1) is 0 Å². The van der Waals surface area contributed by atoms with Crippen molar-refractivity contribution in [3.8, 4) is 0 Å². The van der Waals surface area contributed by atoms with Crippen LogP contribution in [0.3, 0.4) is 0 Å². The topological polar surface area (TPSA) is 73.4 Å². The van der Waals surface area contributed by atoms with E-state index < -0.39 is 5.91 Å². The van der Waals surface area contributed by atoms with Crippen LogP contribution in [0.25, 0.3) is 0 Å². The highest BCUT2D eigenvalue weighted by Crippen LogP contribution is 2.40. The average molecular weight is 264 g/mol. The number of carbonyl (C=O) groups is 1. The van der Waals surface area contributed by atoms with Gasteiger partial charge in [-0.25, -0.2) is 4.98 Å². The summed E-state index contributed by atoms with van der Waals surface area (Å²) < 4.78 is 7.38. The lowest BCUT2D eigenvalue weighted by Gasteiger charge is -2.47. The van der Waals surface area contributed by atoms with Crippen LogP contribution in [0.1, 0.15) is 29.9 Å². The second-order valence-corrected chi connectivity index (χ2v) is 5.45. The Balaban J connectivity index is 1.81. The minimum atomic E-state index is -0.446. The van der Waals surface area contributed by atoms with Crippen LogP contribution in [-0.2, 0) is 10.3 Å². The van der Waals surface area contributed by atoms with E-state index in [9.17, 15) is 4.79 Å². The number of nitrogens with two attached hydrogens (primary N) is 1. The number of hydrogen-bond donors (Lipinski definition) is 1. The Bertz CT molecular complexity index is 461. The first-order valence-corrected chi connectivity index (χ1v) is 6.85. The van der Waals surface area contributed by atoms with Crippen molar-refractivity contribution < 1.29 is 9.53 Å². The zero-order chi connectivity index (χ0) is 13.3. The fourth-order valence-corrected chi connectivity index (χ4v) is 3.10. The van der Waals surface area contributed by atoms with Crippen molar-refractivity contribution in [1.29, 1.82) is 0 Å². The van der Waals surface area contributed by atoms with Crippen LogP contribution in [0.2, 0.25) is 0 Å². The number of amides is 1. The van der Waals surface area contributed by atoms with Gasteiger partial charge in [0, 0.05) is 32.0 Å². The van der Waals surface area contributed by atoms with E-state index in [0.29, 0.717) is 5.82 Å². The minimum absolute atomic E-state index is 0.00178. The van der Waals surface area contributed by atoms with Crippen molar-refractivity contribution in [3.05, 3.63) is 18.2 Å². The summed E-state index contributed by atoms with van der Waals surface area (Å²) in [5.74, 6) is -0.0637. The molecule has 1 aromatic rings. The Hall–Kier alpha value is -1.40. The summed E-state index contributed by atoms with van der Waals surface area (Å²) in [6.45, 7) is 4.46. The quantitative estimate of drug-likeness (QED) is 0.842. The van der Waals surface area contributed by atoms with Gasteiger partial charge in [0.05, 0.1) is 18.8 Å². The van der Waals surface area contributed by atoms with Crippen molar-refractivity contribution in [1.82, 2.24) is 14.5 Å². The van der Waals surface area contributed by atoms with Crippen LogP contribution in [0.5, 0.6) is 0 Å². The van der Waals surface area contributed by atoms with E-state index >= 15 is 0 Å². The highest BCUT2D eigenvalue weighted by atomic mass is 16.5. The average Bonchev–Trinajstić information content (AvgIpc) is 2.84. The van der Waals surface area contributed by atoms with E-state index in [1.807, 2.05) is 10.8 Å². The largest absolute Gasteiger partial charge is 0.379 e. The molecule has 0 atom stereocenters. The van der Waals surface area contributed by atoms with E-state index in [1.54, 1.807) is 6.20 Å². The fourth-order valence-electron chi connectivity index (χ4n) is 3.10. The van der Waals surface area contributed by atoms with Gasteiger partial charge >= 0.3 is 0 Å². The Labute approximate surface area is 112 Å². The third-order valence-electron chi connectivity index (χ3n) is 4.28. The number of primary amides is 1. The van der Waals surface area contributed by atoms with Crippen LogP contribution in [0.15, 0.2) is 12.4 Å². The van der Waals surface area contributed by atoms with Gasteiger partial charge in [0.15, 0.2) is 5.82 Å². The molecule has 0 spiro atoms. The first kappa shape index (κ1) is 12.6. The molecule has 1 aliphatic heterocycles. The molecule has 2 fully saturated rings. The molecule has 104 valence electrons. The molecule has 1 aliphatic carbocycles. The molecule has 2 N–H and O–H groups in total. The molecule has 1 saturated heterocycles. The molecule has 6 heteroatoms. The molecule has 0 radical (unpaired) electrons. The molecular weight excluding hydrogens is 244 g/mol. The maximum atomic E-state index is 11.5. The third kappa shape index (κ3) is 2.26. The van der Waals surface area contributed by atoms with Crippen molar-refractivity contribution in [2.24, 2.45) is 5.73 Å². The van der Waals surface area contributed by atoms with Gasteiger partial charge in [0.2, 0.25) is 0 Å². The number of imidazole rings is 1. The molecule has 2 aliphatic rings. The van der Waals surface area contributed by atoms with E-state index in [1.165, 1.54) is 6.42 Å². The lowest BCUT2D eigenvalue weighted by atomic mass is 9.75. The molecule has 0 aromatic carbocycles. The summed E-state index contributed by atoms with van der Waals surface area (Å²) in [4.78, 5) is 18.0. The molecule has 0 bridgehead atoms. The van der Waals surface area contributed by atoms with Crippen molar-refractivity contribution in [3.63, 3.8) is 0 Å². The smallest absolute Gasteiger partial charge is 0.284 e. The molecule has 1 aromatic heterocycles. The Morgan fingerprint density at radius 3 is 2.74 bits per heavy atom. The van der Waals surface area contributed by atoms with Crippen molar-refractivity contribution in [2.75, 3.05) is 32.8 Å². The lowest BCUT2D eigenvalue weighted by Crippen LogP contribution is -2.53. The number of rotatable bonds is 4. The Morgan fingerprint density at radius 1 is 1.42 bits per heavy atom. The zero-order valence-corrected chi connectivity index (χ0v) is 11.0. The van der Waals surface area contributed by atoms with Gasteiger partial charge in [-0.05, 0) is 19.3 Å². The SMILES string of the molecule is NC(=O)c1nccn1C1(CN2CCOCC2)CCC1. The van der Waals surface area contributed by atoms with E-state index in [0.717, 1.165) is 45.7 Å². The molecule has 6 nitrogen and oxygen atoms in total.